The van der Waals surface area contributed by atoms with Crippen molar-refractivity contribution in [3.05, 3.63) is 35.7 Å². The van der Waals surface area contributed by atoms with E-state index in [1.165, 1.54) is 0 Å². The van der Waals surface area contributed by atoms with Crippen molar-refractivity contribution in [2.24, 2.45) is 0 Å². The Morgan fingerprint density at radius 1 is 1.17 bits per heavy atom. The van der Waals surface area contributed by atoms with E-state index in [2.05, 4.69) is 4.98 Å². The third-order valence-corrected chi connectivity index (χ3v) is 3.17. The van der Waals surface area contributed by atoms with Gasteiger partial charge in [-0.15, -0.1) is 0 Å². The summed E-state index contributed by atoms with van der Waals surface area (Å²) in [6.45, 7) is 6.61. The molecule has 6 nitrogen and oxygen atoms in total. The van der Waals surface area contributed by atoms with Crippen LogP contribution in [0.2, 0.25) is 0 Å². The lowest BCUT2D eigenvalue weighted by molar-refractivity contribution is -0.128. The summed E-state index contributed by atoms with van der Waals surface area (Å²) in [5.74, 6) is 1.42. The summed E-state index contributed by atoms with van der Waals surface area (Å²) in [5, 5.41) is 0. The minimum atomic E-state index is -0.343. The van der Waals surface area contributed by atoms with Gasteiger partial charge < -0.3 is 14.4 Å². The minimum Gasteiger partial charge on any atom is -0.380 e. The monoisotopic (exact) mass is 320 g/mol. The second kappa shape index (κ2) is 11.5. The number of ether oxygens (including phenoxy) is 2. The lowest BCUT2D eigenvalue weighted by Crippen LogP contribution is -2.38. The number of carbonyl (C=O) groups is 1. The molecule has 0 aliphatic rings. The molecule has 0 atom stereocenters. The van der Waals surface area contributed by atoms with Crippen LogP contribution in [0.5, 0.6) is 0 Å². The highest BCUT2D eigenvalue weighted by atomic mass is 16.5. The van der Waals surface area contributed by atoms with Crippen molar-refractivity contribution in [3.63, 3.8) is 0 Å². The average molecular weight is 320 g/mol. The van der Waals surface area contributed by atoms with Gasteiger partial charge >= 0.3 is 0 Å². The lowest BCUT2D eigenvalue weighted by atomic mass is 10.1. The lowest BCUT2D eigenvalue weighted by Gasteiger charge is -2.22. The van der Waals surface area contributed by atoms with E-state index in [0.717, 1.165) is 0 Å². The number of hydrogen-bond acceptors (Lipinski definition) is 5. The van der Waals surface area contributed by atoms with Crippen LogP contribution in [0.4, 0.5) is 0 Å². The van der Waals surface area contributed by atoms with Crippen molar-refractivity contribution in [2.45, 2.75) is 20.3 Å². The highest BCUT2D eigenvalue weighted by molar-refractivity contribution is 6.01. The molecule has 0 spiro atoms. The largest absolute Gasteiger partial charge is 0.380 e. The van der Waals surface area contributed by atoms with Crippen molar-refractivity contribution in [1.29, 1.82) is 0 Å². The van der Waals surface area contributed by atoms with Crippen LogP contribution < -0.4 is 0 Å². The Morgan fingerprint density at radius 2 is 1.83 bits per heavy atom. The predicted octanol–water partition coefficient (Wildman–Crippen LogP) is 1.28. The van der Waals surface area contributed by atoms with Crippen molar-refractivity contribution in [1.82, 2.24) is 9.88 Å². The fourth-order valence-corrected chi connectivity index (χ4v) is 1.98. The summed E-state index contributed by atoms with van der Waals surface area (Å²) in [6, 6.07) is 5.37. The SMILES string of the molecule is CCOCCN(CCOCC)C(=O)C(=C=O)Cc1ccccn1. The molecule has 126 valence electrons. The van der Waals surface area contributed by atoms with Crippen LogP contribution in [-0.2, 0) is 25.5 Å². The molecule has 1 amide bonds. The predicted molar refractivity (Wildman–Crippen MR) is 86.7 cm³/mol. The summed E-state index contributed by atoms with van der Waals surface area (Å²) >= 11 is 0. The van der Waals surface area contributed by atoms with E-state index in [0.29, 0.717) is 45.2 Å². The Balaban J connectivity index is 2.72. The first-order valence-electron chi connectivity index (χ1n) is 7.81. The van der Waals surface area contributed by atoms with Crippen molar-refractivity contribution < 1.29 is 19.1 Å². The molecule has 0 bridgehead atoms. The zero-order chi connectivity index (χ0) is 16.9. The number of pyridine rings is 1. The van der Waals surface area contributed by atoms with Crippen LogP contribution in [0.1, 0.15) is 19.5 Å². The molecule has 23 heavy (non-hydrogen) atoms. The van der Waals surface area contributed by atoms with Crippen LogP contribution in [0.15, 0.2) is 30.0 Å². The van der Waals surface area contributed by atoms with Gasteiger partial charge in [0.15, 0.2) is 0 Å². The number of hydrogen-bond donors (Lipinski definition) is 0. The molecule has 0 saturated carbocycles. The zero-order valence-corrected chi connectivity index (χ0v) is 13.8. The van der Waals surface area contributed by atoms with Crippen LogP contribution in [0.25, 0.3) is 0 Å². The quantitative estimate of drug-likeness (QED) is 0.349. The third kappa shape index (κ3) is 7.19. The van der Waals surface area contributed by atoms with E-state index in [1.54, 1.807) is 29.2 Å². The highest BCUT2D eigenvalue weighted by Crippen LogP contribution is 2.07. The molecule has 0 aromatic carbocycles. The topological polar surface area (TPSA) is 68.7 Å². The molecule has 0 aliphatic heterocycles. The molecule has 0 aliphatic carbocycles. The number of rotatable bonds is 11. The first kappa shape index (κ1) is 19.0. The van der Waals surface area contributed by atoms with Crippen LogP contribution in [0.3, 0.4) is 0 Å². The molecule has 0 fully saturated rings. The Kier molecular flexibility index (Phi) is 9.55. The van der Waals surface area contributed by atoms with Crippen molar-refractivity contribution in [2.75, 3.05) is 39.5 Å². The number of nitrogens with zero attached hydrogens (tertiary/aromatic N) is 2. The summed E-state index contributed by atoms with van der Waals surface area (Å²) in [7, 11) is 0. The molecule has 1 aromatic rings. The van der Waals surface area contributed by atoms with E-state index >= 15 is 0 Å². The second-order valence-corrected chi connectivity index (χ2v) is 4.76. The summed E-state index contributed by atoms with van der Waals surface area (Å²) in [5.41, 5.74) is 0.727. The standard InChI is InChI=1S/C17H24N2O4/c1-3-22-11-9-19(10-12-23-4-2)17(21)15(14-20)13-16-7-5-6-8-18-16/h5-8H,3-4,9-13H2,1-2H3. The molecule has 1 rings (SSSR count). The van der Waals surface area contributed by atoms with Gasteiger partial charge in [-0.25, -0.2) is 4.79 Å². The second-order valence-electron chi connectivity index (χ2n) is 4.76. The van der Waals surface area contributed by atoms with E-state index in [9.17, 15) is 9.59 Å². The van der Waals surface area contributed by atoms with Gasteiger partial charge in [-0.2, -0.15) is 0 Å². The van der Waals surface area contributed by atoms with Crippen LogP contribution in [0, 0.1) is 0 Å². The maximum Gasteiger partial charge on any atom is 0.261 e. The van der Waals surface area contributed by atoms with Gasteiger partial charge in [0.1, 0.15) is 11.5 Å². The number of amides is 1. The smallest absolute Gasteiger partial charge is 0.261 e. The normalized spacial score (nSPS) is 10.2. The third-order valence-electron chi connectivity index (χ3n) is 3.17. The summed E-state index contributed by atoms with van der Waals surface area (Å²) in [4.78, 5) is 29.5. The van der Waals surface area contributed by atoms with E-state index < -0.39 is 0 Å². The van der Waals surface area contributed by atoms with Crippen LogP contribution >= 0.6 is 0 Å². The molecular weight excluding hydrogens is 296 g/mol. The van der Waals surface area contributed by atoms with Crippen molar-refractivity contribution in [3.8, 4) is 0 Å². The molecule has 0 unspecified atom stereocenters. The Morgan fingerprint density at radius 3 is 2.30 bits per heavy atom. The van der Waals surface area contributed by atoms with Gasteiger partial charge in [0.2, 0.25) is 0 Å². The Bertz CT molecular complexity index is 503. The number of aromatic nitrogens is 1. The maximum absolute atomic E-state index is 12.6. The molecule has 0 radical (unpaired) electrons. The van der Waals surface area contributed by atoms with E-state index in [4.69, 9.17) is 9.47 Å². The summed E-state index contributed by atoms with van der Waals surface area (Å²) in [6.07, 6.45) is 1.80. The van der Waals surface area contributed by atoms with Gasteiger partial charge in [-0.05, 0) is 26.0 Å². The van der Waals surface area contributed by atoms with Gasteiger partial charge in [0, 0.05) is 44.6 Å². The van der Waals surface area contributed by atoms with Crippen molar-refractivity contribution >= 4 is 11.8 Å². The summed E-state index contributed by atoms with van der Waals surface area (Å²) < 4.78 is 10.6. The van der Waals surface area contributed by atoms with Gasteiger partial charge in [-0.1, -0.05) is 6.07 Å². The van der Waals surface area contributed by atoms with Gasteiger partial charge in [-0.3, -0.25) is 9.78 Å². The van der Waals surface area contributed by atoms with E-state index in [-0.39, 0.29) is 17.9 Å². The molecule has 6 heteroatoms. The van der Waals surface area contributed by atoms with E-state index in [1.807, 2.05) is 19.9 Å². The average Bonchev–Trinajstić information content (AvgIpc) is 2.59. The zero-order valence-electron chi connectivity index (χ0n) is 13.8. The van der Waals surface area contributed by atoms with Gasteiger partial charge in [0.05, 0.1) is 13.2 Å². The minimum absolute atomic E-state index is 0.0664. The Hall–Kier alpha value is -2.01. The van der Waals surface area contributed by atoms with Crippen LogP contribution in [-0.4, -0.2) is 61.2 Å². The number of carbonyl (C=O) groups excluding carboxylic acids is 2. The molecular formula is C17H24N2O4. The first-order chi connectivity index (χ1) is 11.2. The molecule has 1 aromatic heterocycles. The maximum atomic E-state index is 12.6. The highest BCUT2D eigenvalue weighted by Gasteiger charge is 2.20. The fraction of sp³-hybridized carbons (Fsp3) is 0.529. The van der Waals surface area contributed by atoms with Gasteiger partial charge in [0.25, 0.3) is 5.91 Å². The fourth-order valence-electron chi connectivity index (χ4n) is 1.98. The first-order valence-corrected chi connectivity index (χ1v) is 7.81. The molecule has 0 N–H and O–H groups in total. The molecule has 1 heterocycles. The Labute approximate surface area is 137 Å². The molecule has 0 saturated heterocycles.